The van der Waals surface area contributed by atoms with Crippen LogP contribution in [0.2, 0.25) is 0 Å². The van der Waals surface area contributed by atoms with Crippen LogP contribution < -0.4 is 14.8 Å². The van der Waals surface area contributed by atoms with Crippen LogP contribution >= 0.6 is 0 Å². The Hall–Kier alpha value is -1.43. The van der Waals surface area contributed by atoms with Gasteiger partial charge in [0.25, 0.3) is 0 Å². The minimum absolute atomic E-state index is 0.106. The normalized spacial score (nSPS) is 20.5. The van der Waals surface area contributed by atoms with Gasteiger partial charge in [0.1, 0.15) is 6.23 Å². The van der Waals surface area contributed by atoms with Gasteiger partial charge in [0, 0.05) is 0 Å². The van der Waals surface area contributed by atoms with Gasteiger partial charge in [-0.3, -0.25) is 5.32 Å². The first-order chi connectivity index (χ1) is 8.54. The summed E-state index contributed by atoms with van der Waals surface area (Å²) in [7, 11) is 0. The minimum Gasteiger partial charge on any atom is -0.471 e. The van der Waals surface area contributed by atoms with Gasteiger partial charge < -0.3 is 9.47 Å². The molecule has 0 aromatic heterocycles. The second-order valence-corrected chi connectivity index (χ2v) is 4.05. The molecule has 18 heavy (non-hydrogen) atoms. The van der Waals surface area contributed by atoms with Gasteiger partial charge in [0.15, 0.2) is 11.5 Å². The molecule has 6 heteroatoms. The molecule has 3 nitrogen and oxygen atoms in total. The van der Waals surface area contributed by atoms with Crippen molar-refractivity contribution in [3.8, 4) is 11.5 Å². The summed E-state index contributed by atoms with van der Waals surface area (Å²) in [6, 6.07) is 5.80. The first-order valence-corrected chi connectivity index (χ1v) is 5.79. The molecule has 1 saturated heterocycles. The summed E-state index contributed by atoms with van der Waals surface area (Å²) in [6.07, 6.45) is -2.13. The molecule has 0 radical (unpaired) electrons. The van der Waals surface area contributed by atoms with Crippen LogP contribution in [0.5, 0.6) is 11.5 Å². The Balaban J connectivity index is 2.06. The van der Waals surface area contributed by atoms with Crippen molar-refractivity contribution in [2.24, 2.45) is 0 Å². The Morgan fingerprint density at radius 1 is 1.11 bits per heavy atom. The van der Waals surface area contributed by atoms with E-state index in [1.165, 1.54) is 18.2 Å². The second kappa shape index (κ2) is 5.48. The zero-order valence-electron chi connectivity index (χ0n) is 9.67. The summed E-state index contributed by atoms with van der Waals surface area (Å²) >= 11 is 0. The summed E-state index contributed by atoms with van der Waals surface area (Å²) in [4.78, 5) is 0. The summed E-state index contributed by atoms with van der Waals surface area (Å²) in [5.74, 6) is -0.202. The maximum absolute atomic E-state index is 12.2. The molecule has 0 saturated carbocycles. The van der Waals surface area contributed by atoms with Crippen LogP contribution in [0.3, 0.4) is 0 Å². The lowest BCUT2D eigenvalue weighted by Gasteiger charge is -2.25. The lowest BCUT2D eigenvalue weighted by molar-refractivity contribution is -0.275. The smallest absolute Gasteiger partial charge is 0.471 e. The first kappa shape index (κ1) is 13.0. The van der Waals surface area contributed by atoms with Crippen molar-refractivity contribution in [2.75, 3.05) is 6.54 Å². The highest BCUT2D eigenvalue weighted by Gasteiger charge is 2.32. The maximum atomic E-state index is 12.2. The van der Waals surface area contributed by atoms with Gasteiger partial charge >= 0.3 is 6.36 Å². The molecule has 0 amide bonds. The van der Waals surface area contributed by atoms with Crippen molar-refractivity contribution in [3.05, 3.63) is 24.3 Å². The molecule has 1 N–H and O–H groups in total. The Bertz CT molecular complexity index is 389. The van der Waals surface area contributed by atoms with E-state index in [4.69, 9.17) is 4.74 Å². The molecule has 1 aromatic rings. The number of hydrogen-bond donors (Lipinski definition) is 1. The van der Waals surface area contributed by atoms with E-state index in [1.807, 2.05) is 0 Å². The van der Waals surface area contributed by atoms with E-state index in [2.05, 4.69) is 10.1 Å². The first-order valence-electron chi connectivity index (χ1n) is 5.79. The predicted octanol–water partition coefficient (Wildman–Crippen LogP) is 3.06. The van der Waals surface area contributed by atoms with Crippen molar-refractivity contribution in [1.29, 1.82) is 0 Å². The molecule has 1 aliphatic rings. The largest absolute Gasteiger partial charge is 0.573 e. The molecule has 0 bridgehead atoms. The number of halogens is 3. The number of benzene rings is 1. The van der Waals surface area contributed by atoms with Crippen LogP contribution in [0, 0.1) is 0 Å². The van der Waals surface area contributed by atoms with Gasteiger partial charge in [0.05, 0.1) is 0 Å². The summed E-state index contributed by atoms with van der Waals surface area (Å²) in [6.45, 7) is 0.812. The van der Waals surface area contributed by atoms with E-state index in [-0.39, 0.29) is 17.7 Å². The average Bonchev–Trinajstić information content (AvgIpc) is 2.31. The van der Waals surface area contributed by atoms with E-state index < -0.39 is 6.36 Å². The van der Waals surface area contributed by atoms with Crippen LogP contribution in [0.15, 0.2) is 24.3 Å². The summed E-state index contributed by atoms with van der Waals surface area (Å²) in [5, 5.41) is 3.10. The molecule has 1 heterocycles. The lowest BCUT2D eigenvalue weighted by Crippen LogP contribution is -2.38. The monoisotopic (exact) mass is 261 g/mol. The van der Waals surface area contributed by atoms with Crippen LogP contribution in [0.25, 0.3) is 0 Å². The van der Waals surface area contributed by atoms with Crippen molar-refractivity contribution in [2.45, 2.75) is 31.9 Å². The van der Waals surface area contributed by atoms with Crippen LogP contribution in [0.1, 0.15) is 19.3 Å². The van der Waals surface area contributed by atoms with E-state index >= 15 is 0 Å². The highest BCUT2D eigenvalue weighted by molar-refractivity contribution is 5.39. The van der Waals surface area contributed by atoms with Crippen LogP contribution in [-0.2, 0) is 0 Å². The van der Waals surface area contributed by atoms with Gasteiger partial charge in [-0.05, 0) is 37.9 Å². The molecule has 0 unspecified atom stereocenters. The topological polar surface area (TPSA) is 30.5 Å². The van der Waals surface area contributed by atoms with Crippen molar-refractivity contribution >= 4 is 0 Å². The molecular formula is C12H14F3NO2. The van der Waals surface area contributed by atoms with E-state index in [9.17, 15) is 13.2 Å². The van der Waals surface area contributed by atoms with Crippen LogP contribution in [-0.4, -0.2) is 19.1 Å². The number of para-hydroxylation sites is 2. The lowest BCUT2D eigenvalue weighted by atomic mass is 10.1. The van der Waals surface area contributed by atoms with Gasteiger partial charge in [-0.25, -0.2) is 0 Å². The Morgan fingerprint density at radius 2 is 1.83 bits per heavy atom. The van der Waals surface area contributed by atoms with Crippen molar-refractivity contribution in [3.63, 3.8) is 0 Å². The van der Waals surface area contributed by atoms with Gasteiger partial charge in [-0.1, -0.05) is 12.1 Å². The quantitative estimate of drug-likeness (QED) is 0.907. The fourth-order valence-electron chi connectivity index (χ4n) is 1.83. The number of rotatable bonds is 3. The molecule has 100 valence electrons. The zero-order chi connectivity index (χ0) is 13.0. The van der Waals surface area contributed by atoms with Crippen molar-refractivity contribution < 1.29 is 22.6 Å². The van der Waals surface area contributed by atoms with Crippen LogP contribution in [0.4, 0.5) is 13.2 Å². The molecule has 1 fully saturated rings. The van der Waals surface area contributed by atoms with Gasteiger partial charge in [0.2, 0.25) is 0 Å². The predicted molar refractivity (Wildman–Crippen MR) is 59.4 cm³/mol. The third-order valence-corrected chi connectivity index (χ3v) is 2.61. The van der Waals surface area contributed by atoms with E-state index in [0.717, 1.165) is 25.8 Å². The third-order valence-electron chi connectivity index (χ3n) is 2.61. The molecule has 1 aliphatic heterocycles. The molecule has 1 aromatic carbocycles. The molecule has 0 spiro atoms. The van der Waals surface area contributed by atoms with Gasteiger partial charge in [-0.15, -0.1) is 13.2 Å². The van der Waals surface area contributed by atoms with E-state index in [1.54, 1.807) is 6.07 Å². The highest BCUT2D eigenvalue weighted by atomic mass is 19.4. The molecule has 0 aliphatic carbocycles. The Kier molecular flexibility index (Phi) is 3.96. The number of alkyl halides is 3. The maximum Gasteiger partial charge on any atom is 0.573 e. The number of ether oxygens (including phenoxy) is 2. The summed E-state index contributed by atoms with van der Waals surface area (Å²) < 4.78 is 46.0. The Labute approximate surface area is 103 Å². The number of hydrogen-bond acceptors (Lipinski definition) is 3. The number of piperidine rings is 1. The van der Waals surface area contributed by atoms with Crippen molar-refractivity contribution in [1.82, 2.24) is 5.32 Å². The fourth-order valence-corrected chi connectivity index (χ4v) is 1.83. The SMILES string of the molecule is FC(F)(F)Oc1ccccc1O[C@@H]1CCCCN1. The standard InChI is InChI=1S/C12H14F3NO2/c13-12(14,15)18-10-6-2-1-5-9(10)17-11-7-3-4-8-16-11/h1-2,5-6,11,16H,3-4,7-8H2/t11-/m1/s1. The summed E-state index contributed by atoms with van der Waals surface area (Å²) in [5.41, 5.74) is 0. The average molecular weight is 261 g/mol. The molecule has 1 atom stereocenters. The second-order valence-electron chi connectivity index (χ2n) is 4.05. The Morgan fingerprint density at radius 3 is 2.44 bits per heavy atom. The van der Waals surface area contributed by atoms with Gasteiger partial charge in [-0.2, -0.15) is 0 Å². The third kappa shape index (κ3) is 3.80. The minimum atomic E-state index is -4.71. The highest BCUT2D eigenvalue weighted by Crippen LogP contribution is 2.32. The fraction of sp³-hybridized carbons (Fsp3) is 0.500. The van der Waals surface area contributed by atoms with E-state index in [0.29, 0.717) is 0 Å². The molecular weight excluding hydrogens is 247 g/mol. The molecule has 2 rings (SSSR count). The zero-order valence-corrected chi connectivity index (χ0v) is 9.67. The number of nitrogens with one attached hydrogen (secondary N) is 1.